The summed E-state index contributed by atoms with van der Waals surface area (Å²) in [4.78, 5) is 6.37. The number of halogens is 2. The molecule has 0 radical (unpaired) electrons. The van der Waals surface area contributed by atoms with Crippen molar-refractivity contribution in [3.8, 4) is 22.6 Å². The topological polar surface area (TPSA) is 110 Å². The van der Waals surface area contributed by atoms with Gasteiger partial charge in [0.25, 0.3) is 0 Å². The number of nitrogens with zero attached hydrogens (tertiary/aromatic N) is 6. The van der Waals surface area contributed by atoms with Gasteiger partial charge in [-0.25, -0.2) is 8.78 Å². The van der Waals surface area contributed by atoms with E-state index in [4.69, 9.17) is 10.1 Å². The van der Waals surface area contributed by atoms with Crippen LogP contribution in [0.4, 0.5) is 8.78 Å². The molecule has 4 aromatic rings. The van der Waals surface area contributed by atoms with Gasteiger partial charge in [0.2, 0.25) is 0 Å². The molecule has 3 aliphatic rings. The highest BCUT2D eigenvalue weighted by Gasteiger charge is 2.59. The van der Waals surface area contributed by atoms with Crippen molar-refractivity contribution in [2.24, 2.45) is 5.41 Å². The summed E-state index contributed by atoms with van der Waals surface area (Å²) in [5, 5.41) is 36.4. The van der Waals surface area contributed by atoms with Gasteiger partial charge in [0, 0.05) is 0 Å². The standard InChI is InChI=1S/C28H28F2N6O2/c1-27(2)12-16-9-10-28(27,26-18(16)11-22(33-34-26)25-19(29)5-3-6-20(25)30)24-8-4-7-21(32-24)23-13-31-36(35-23)14-17(38)15-37/h3-8,11,13,16-17,37-38H,9-10,12,14-15H2,1-2H3/t16-,17+,28?/m1/s1. The van der Waals surface area contributed by atoms with Crippen LogP contribution in [0.3, 0.4) is 0 Å². The number of aliphatic hydroxyl groups excluding tert-OH is 2. The van der Waals surface area contributed by atoms with Crippen molar-refractivity contribution in [2.75, 3.05) is 6.61 Å². The van der Waals surface area contributed by atoms with Crippen LogP contribution in [0.1, 0.15) is 56.0 Å². The van der Waals surface area contributed by atoms with Crippen molar-refractivity contribution >= 4 is 0 Å². The minimum atomic E-state index is -0.954. The highest BCUT2D eigenvalue weighted by atomic mass is 19.1. The van der Waals surface area contributed by atoms with E-state index in [1.807, 2.05) is 18.2 Å². The van der Waals surface area contributed by atoms with Gasteiger partial charge in [-0.2, -0.15) is 20.1 Å². The lowest BCUT2D eigenvalue weighted by Gasteiger charge is -2.56. The fraction of sp³-hybridized carbons (Fsp3) is 0.393. The maximum Gasteiger partial charge on any atom is 0.135 e. The molecule has 2 bridgehead atoms. The van der Waals surface area contributed by atoms with Crippen LogP contribution in [-0.2, 0) is 12.0 Å². The van der Waals surface area contributed by atoms with E-state index in [-0.39, 0.29) is 35.7 Å². The first-order valence-corrected chi connectivity index (χ1v) is 12.7. The molecule has 1 saturated carbocycles. The molecule has 1 aromatic carbocycles. The van der Waals surface area contributed by atoms with Crippen molar-refractivity contribution in [1.29, 1.82) is 0 Å². The first-order valence-electron chi connectivity index (χ1n) is 12.7. The largest absolute Gasteiger partial charge is 0.394 e. The molecule has 0 saturated heterocycles. The third-order valence-corrected chi connectivity index (χ3v) is 8.24. The summed E-state index contributed by atoms with van der Waals surface area (Å²) in [7, 11) is 0. The summed E-state index contributed by atoms with van der Waals surface area (Å²) in [5.74, 6) is -1.11. The van der Waals surface area contributed by atoms with Crippen LogP contribution < -0.4 is 0 Å². The van der Waals surface area contributed by atoms with Gasteiger partial charge < -0.3 is 10.2 Å². The third kappa shape index (κ3) is 3.73. The Kier molecular flexibility index (Phi) is 5.84. The van der Waals surface area contributed by atoms with Crippen LogP contribution >= 0.6 is 0 Å². The van der Waals surface area contributed by atoms with E-state index in [9.17, 15) is 13.9 Å². The zero-order valence-electron chi connectivity index (χ0n) is 21.1. The predicted molar refractivity (Wildman–Crippen MR) is 135 cm³/mol. The Morgan fingerprint density at radius 2 is 1.82 bits per heavy atom. The average molecular weight is 519 g/mol. The van der Waals surface area contributed by atoms with Gasteiger partial charge in [0.15, 0.2) is 0 Å². The predicted octanol–water partition coefficient (Wildman–Crippen LogP) is 4.02. The molecule has 3 heterocycles. The number of hydrogen-bond acceptors (Lipinski definition) is 7. The molecule has 3 aromatic heterocycles. The molecule has 0 aliphatic heterocycles. The van der Waals surface area contributed by atoms with E-state index >= 15 is 0 Å². The van der Waals surface area contributed by atoms with E-state index in [2.05, 4.69) is 34.2 Å². The minimum Gasteiger partial charge on any atom is -0.394 e. The number of rotatable bonds is 6. The van der Waals surface area contributed by atoms with Gasteiger partial charge >= 0.3 is 0 Å². The lowest BCUT2D eigenvalue weighted by atomic mass is 9.47. The van der Waals surface area contributed by atoms with Crippen LogP contribution in [0.5, 0.6) is 0 Å². The van der Waals surface area contributed by atoms with Gasteiger partial charge in [-0.05, 0) is 66.5 Å². The summed E-state index contributed by atoms with van der Waals surface area (Å²) >= 11 is 0. The van der Waals surface area contributed by atoms with Crippen molar-refractivity contribution in [1.82, 2.24) is 30.2 Å². The Morgan fingerprint density at radius 3 is 2.55 bits per heavy atom. The molecule has 1 fully saturated rings. The van der Waals surface area contributed by atoms with Crippen LogP contribution in [0, 0.1) is 17.0 Å². The van der Waals surface area contributed by atoms with Crippen molar-refractivity contribution in [3.63, 3.8) is 0 Å². The average Bonchev–Trinajstić information content (AvgIpc) is 3.37. The van der Waals surface area contributed by atoms with E-state index in [1.54, 1.807) is 12.3 Å². The van der Waals surface area contributed by atoms with Crippen LogP contribution in [0.15, 0.2) is 48.7 Å². The van der Waals surface area contributed by atoms with Crippen molar-refractivity contribution in [3.05, 3.63) is 77.2 Å². The fourth-order valence-corrected chi connectivity index (χ4v) is 6.40. The van der Waals surface area contributed by atoms with E-state index in [1.165, 1.54) is 23.0 Å². The molecule has 0 amide bonds. The molecule has 1 unspecified atom stereocenters. The SMILES string of the molecule is CC1(C)C[C@H]2CCC1(c1cccc(-c3cnn(C[C@H](O)CO)n3)n1)c1nnc(-c3c(F)cccc3F)cc12. The summed E-state index contributed by atoms with van der Waals surface area (Å²) < 4.78 is 29.1. The second-order valence-electron chi connectivity index (χ2n) is 10.9. The Bertz CT molecular complexity index is 1500. The van der Waals surface area contributed by atoms with Crippen LogP contribution in [0.25, 0.3) is 22.6 Å². The lowest BCUT2D eigenvalue weighted by Crippen LogP contribution is -2.53. The number of fused-ring (bicyclic) bond motifs is 2. The molecular weight excluding hydrogens is 490 g/mol. The quantitative estimate of drug-likeness (QED) is 0.397. The Morgan fingerprint density at radius 1 is 1.05 bits per heavy atom. The second-order valence-corrected chi connectivity index (χ2v) is 10.9. The molecule has 3 atom stereocenters. The number of pyridine rings is 1. The summed E-state index contributed by atoms with van der Waals surface area (Å²) in [6, 6.07) is 11.4. The molecule has 8 nitrogen and oxygen atoms in total. The Hall–Kier alpha value is -3.63. The zero-order valence-corrected chi connectivity index (χ0v) is 21.1. The Balaban J connectivity index is 1.45. The number of aromatic nitrogens is 6. The van der Waals surface area contributed by atoms with E-state index < -0.39 is 23.2 Å². The van der Waals surface area contributed by atoms with Crippen LogP contribution in [-0.4, -0.2) is 53.1 Å². The Labute approximate surface area is 218 Å². The lowest BCUT2D eigenvalue weighted by molar-refractivity contribution is 0.0746. The van der Waals surface area contributed by atoms with E-state index in [0.29, 0.717) is 11.4 Å². The first-order chi connectivity index (χ1) is 18.2. The van der Waals surface area contributed by atoms with Gasteiger partial charge in [0.1, 0.15) is 17.3 Å². The highest BCUT2D eigenvalue weighted by molar-refractivity contribution is 5.63. The second kappa shape index (κ2) is 8.99. The number of aliphatic hydroxyl groups is 2. The smallest absolute Gasteiger partial charge is 0.135 e. The normalized spacial score (nSPS) is 22.3. The summed E-state index contributed by atoms with van der Waals surface area (Å²) in [5.41, 5.74) is 3.09. The molecular formula is C28H28F2N6O2. The number of benzene rings is 1. The molecule has 2 N–H and O–H groups in total. The van der Waals surface area contributed by atoms with Crippen molar-refractivity contribution < 1.29 is 19.0 Å². The maximum absolute atomic E-state index is 14.6. The van der Waals surface area contributed by atoms with Gasteiger partial charge in [0.05, 0.1) is 59.2 Å². The van der Waals surface area contributed by atoms with E-state index in [0.717, 1.165) is 36.2 Å². The highest BCUT2D eigenvalue weighted by Crippen LogP contribution is 2.64. The zero-order chi connectivity index (χ0) is 26.7. The summed E-state index contributed by atoms with van der Waals surface area (Å²) in [6.07, 6.45) is 3.24. The summed E-state index contributed by atoms with van der Waals surface area (Å²) in [6.45, 7) is 4.13. The molecule has 38 heavy (non-hydrogen) atoms. The molecule has 196 valence electrons. The number of hydrogen-bond donors (Lipinski definition) is 2. The van der Waals surface area contributed by atoms with Gasteiger partial charge in [-0.15, -0.1) is 5.10 Å². The monoisotopic (exact) mass is 518 g/mol. The third-order valence-electron chi connectivity index (χ3n) is 8.24. The van der Waals surface area contributed by atoms with Gasteiger partial charge in [-0.3, -0.25) is 4.98 Å². The minimum absolute atomic E-state index is 0.0719. The van der Waals surface area contributed by atoms with Gasteiger partial charge in [-0.1, -0.05) is 26.0 Å². The first kappa shape index (κ1) is 24.7. The molecule has 3 aliphatic carbocycles. The molecule has 7 rings (SSSR count). The van der Waals surface area contributed by atoms with Crippen molar-refractivity contribution in [2.45, 2.75) is 57.1 Å². The molecule has 10 heteroatoms. The maximum atomic E-state index is 14.6. The fourth-order valence-electron chi connectivity index (χ4n) is 6.40. The molecule has 0 spiro atoms. The van der Waals surface area contributed by atoms with Crippen LogP contribution in [0.2, 0.25) is 0 Å².